The molecule has 13 heavy (non-hydrogen) atoms. The minimum atomic E-state index is 0. The van der Waals surface area contributed by atoms with Crippen molar-refractivity contribution in [3.63, 3.8) is 0 Å². The molecule has 4 saturated carbocycles. The highest BCUT2D eigenvalue weighted by atomic mass is 35.5. The molecular weight excluding hydrogens is 182 g/mol. The first kappa shape index (κ1) is 9.79. The van der Waals surface area contributed by atoms with Gasteiger partial charge in [-0.1, -0.05) is 0 Å². The summed E-state index contributed by atoms with van der Waals surface area (Å²) in [4.78, 5) is 0. The summed E-state index contributed by atoms with van der Waals surface area (Å²) < 4.78 is 0. The third-order valence-corrected chi connectivity index (χ3v) is 4.60. The molecule has 4 bridgehead atoms. The zero-order chi connectivity index (χ0) is 8.18. The van der Waals surface area contributed by atoms with Gasteiger partial charge in [-0.15, -0.1) is 0 Å². The summed E-state index contributed by atoms with van der Waals surface area (Å²) >= 11 is 0. The van der Waals surface area contributed by atoms with Gasteiger partial charge in [0.25, 0.3) is 0 Å². The van der Waals surface area contributed by atoms with Crippen molar-refractivity contribution in [3.05, 3.63) is 0 Å². The van der Waals surface area contributed by atoms with Crippen molar-refractivity contribution in [2.45, 2.75) is 38.5 Å². The van der Waals surface area contributed by atoms with E-state index in [0.717, 1.165) is 24.3 Å². The summed E-state index contributed by atoms with van der Waals surface area (Å²) in [7, 11) is 0. The molecule has 0 atom stereocenters. The maximum absolute atomic E-state index is 5.93. The van der Waals surface area contributed by atoms with E-state index < -0.39 is 0 Å². The highest BCUT2D eigenvalue weighted by Gasteiger charge is 2.49. The lowest BCUT2D eigenvalue weighted by Crippen LogP contribution is -3.00. The summed E-state index contributed by atoms with van der Waals surface area (Å²) in [6, 6.07) is 0. The van der Waals surface area contributed by atoms with Crippen molar-refractivity contribution in [1.29, 1.82) is 0 Å². The quantitative estimate of drug-likeness (QED) is 0.588. The van der Waals surface area contributed by atoms with E-state index in [2.05, 4.69) is 0 Å². The van der Waals surface area contributed by atoms with Gasteiger partial charge in [0.15, 0.2) is 0 Å². The molecule has 0 saturated heterocycles. The average molecular weight is 201 g/mol. The Hall–Kier alpha value is 0.250. The Balaban J connectivity index is 0.000000653. The van der Waals surface area contributed by atoms with Crippen LogP contribution in [-0.4, -0.2) is 6.54 Å². The second kappa shape index (κ2) is 3.13. The Labute approximate surface area is 86.9 Å². The van der Waals surface area contributed by atoms with Gasteiger partial charge in [0.1, 0.15) is 0 Å². The highest BCUT2D eigenvalue weighted by molar-refractivity contribution is 5.01. The Morgan fingerprint density at radius 2 is 1.31 bits per heavy atom. The molecule has 0 spiro atoms. The van der Waals surface area contributed by atoms with Gasteiger partial charge in [0.2, 0.25) is 0 Å². The molecule has 0 heterocycles. The predicted molar refractivity (Wildman–Crippen MR) is 49.7 cm³/mol. The highest BCUT2D eigenvalue weighted by Crippen LogP contribution is 2.59. The van der Waals surface area contributed by atoms with Crippen molar-refractivity contribution >= 4 is 0 Å². The van der Waals surface area contributed by atoms with E-state index in [0.29, 0.717) is 5.41 Å². The molecule has 0 amide bonds. The number of halogens is 1. The van der Waals surface area contributed by atoms with Gasteiger partial charge >= 0.3 is 0 Å². The minimum Gasteiger partial charge on any atom is -1.00 e. The first-order valence-corrected chi connectivity index (χ1v) is 5.50. The van der Waals surface area contributed by atoms with Crippen LogP contribution in [0.3, 0.4) is 0 Å². The molecule has 0 aromatic carbocycles. The molecule has 4 aliphatic carbocycles. The molecule has 0 aliphatic heterocycles. The second-order valence-corrected chi connectivity index (χ2v) is 5.62. The van der Waals surface area contributed by atoms with Crippen LogP contribution in [0, 0.1) is 23.2 Å². The van der Waals surface area contributed by atoms with Crippen LogP contribution in [0.4, 0.5) is 0 Å². The van der Waals surface area contributed by atoms with Crippen molar-refractivity contribution in [1.82, 2.24) is 0 Å². The van der Waals surface area contributed by atoms with Crippen molar-refractivity contribution in [3.8, 4) is 0 Å². The van der Waals surface area contributed by atoms with E-state index in [4.69, 9.17) is 5.73 Å². The normalized spacial score (nSPS) is 51.9. The molecule has 2 N–H and O–H groups in total. The summed E-state index contributed by atoms with van der Waals surface area (Å²) in [5.74, 6) is 3.21. The summed E-state index contributed by atoms with van der Waals surface area (Å²) in [6.45, 7) is 0.969. The van der Waals surface area contributed by atoms with Crippen LogP contribution in [0.2, 0.25) is 0 Å². The summed E-state index contributed by atoms with van der Waals surface area (Å²) in [6.07, 6.45) is 9.03. The van der Waals surface area contributed by atoms with E-state index in [1.165, 1.54) is 38.5 Å². The topological polar surface area (TPSA) is 26.0 Å². The van der Waals surface area contributed by atoms with E-state index in [1.54, 1.807) is 0 Å². The number of hydrogen-bond donors (Lipinski definition) is 1. The molecule has 2 heteroatoms. The SMILES string of the molecule is NCC12CC3CC(CC(C3)C1)C2.[Cl-]. The fourth-order valence-electron chi connectivity index (χ4n) is 4.54. The van der Waals surface area contributed by atoms with E-state index in [1.807, 2.05) is 0 Å². The van der Waals surface area contributed by atoms with Crippen molar-refractivity contribution < 1.29 is 12.4 Å². The smallest absolute Gasteiger partial charge is 0.00202 e. The number of rotatable bonds is 1. The van der Waals surface area contributed by atoms with E-state index in [9.17, 15) is 0 Å². The van der Waals surface area contributed by atoms with Crippen LogP contribution >= 0.6 is 0 Å². The van der Waals surface area contributed by atoms with E-state index >= 15 is 0 Å². The van der Waals surface area contributed by atoms with Crippen LogP contribution in [0.15, 0.2) is 0 Å². The molecule has 76 valence electrons. The standard InChI is InChI=1S/C11H19N.ClH/c12-7-11-4-8-1-9(5-11)3-10(2-8)6-11;/h8-10H,1-7,12H2;1H/p-1. The Bertz CT molecular complexity index is 167. The number of nitrogens with two attached hydrogens (primary N) is 1. The van der Waals surface area contributed by atoms with Crippen molar-refractivity contribution in [2.75, 3.05) is 6.54 Å². The molecule has 4 fully saturated rings. The lowest BCUT2D eigenvalue weighted by molar-refractivity contribution is -0.0468. The summed E-state index contributed by atoms with van der Waals surface area (Å²) in [5, 5.41) is 0. The Morgan fingerprint density at radius 3 is 1.62 bits per heavy atom. The van der Waals surface area contributed by atoms with Crippen LogP contribution in [0.5, 0.6) is 0 Å². The maximum Gasteiger partial charge on any atom is -0.00202 e. The van der Waals surface area contributed by atoms with E-state index in [-0.39, 0.29) is 12.4 Å². The molecule has 0 radical (unpaired) electrons. The molecule has 0 unspecified atom stereocenters. The molecular formula is C11H19ClN-. The fraction of sp³-hybridized carbons (Fsp3) is 1.00. The fourth-order valence-corrected chi connectivity index (χ4v) is 4.54. The lowest BCUT2D eigenvalue weighted by atomic mass is 9.50. The molecule has 1 nitrogen and oxygen atoms in total. The van der Waals surface area contributed by atoms with Crippen LogP contribution < -0.4 is 18.1 Å². The predicted octanol–water partition coefficient (Wildman–Crippen LogP) is -0.834. The molecule has 4 aliphatic rings. The zero-order valence-electron chi connectivity index (χ0n) is 8.14. The third kappa shape index (κ3) is 1.41. The van der Waals surface area contributed by atoms with Gasteiger partial charge in [0.05, 0.1) is 0 Å². The third-order valence-electron chi connectivity index (χ3n) is 4.60. The van der Waals surface area contributed by atoms with Gasteiger partial charge in [-0.2, -0.15) is 0 Å². The van der Waals surface area contributed by atoms with Crippen LogP contribution in [-0.2, 0) is 0 Å². The molecule has 4 rings (SSSR count). The van der Waals surface area contributed by atoms with Crippen molar-refractivity contribution in [2.24, 2.45) is 28.9 Å². The molecule has 0 aromatic rings. The Morgan fingerprint density at radius 1 is 0.923 bits per heavy atom. The zero-order valence-corrected chi connectivity index (χ0v) is 8.89. The first-order chi connectivity index (χ1) is 5.80. The second-order valence-electron chi connectivity index (χ2n) is 5.62. The maximum atomic E-state index is 5.93. The first-order valence-electron chi connectivity index (χ1n) is 5.50. The van der Waals surface area contributed by atoms with Gasteiger partial charge in [-0.3, -0.25) is 0 Å². The average Bonchev–Trinajstić information content (AvgIpc) is 2.02. The van der Waals surface area contributed by atoms with Gasteiger partial charge < -0.3 is 18.1 Å². The minimum absolute atomic E-state index is 0. The number of hydrogen-bond acceptors (Lipinski definition) is 1. The Kier molecular flexibility index (Phi) is 2.36. The molecule has 0 aromatic heterocycles. The monoisotopic (exact) mass is 200 g/mol. The largest absolute Gasteiger partial charge is 1.00 e. The summed E-state index contributed by atoms with van der Waals surface area (Å²) in [5.41, 5.74) is 6.55. The van der Waals surface area contributed by atoms with Crippen LogP contribution in [0.25, 0.3) is 0 Å². The van der Waals surface area contributed by atoms with Crippen LogP contribution in [0.1, 0.15) is 38.5 Å². The lowest BCUT2D eigenvalue weighted by Gasteiger charge is -2.56. The van der Waals surface area contributed by atoms with Gasteiger partial charge in [-0.05, 0) is 68.2 Å². The van der Waals surface area contributed by atoms with Gasteiger partial charge in [0, 0.05) is 0 Å². The van der Waals surface area contributed by atoms with Gasteiger partial charge in [-0.25, -0.2) is 0 Å².